The molecule has 2 aliphatic carbocycles. The van der Waals surface area contributed by atoms with Crippen LogP contribution < -0.4 is 5.73 Å². The lowest BCUT2D eigenvalue weighted by atomic mass is 9.76. The Morgan fingerprint density at radius 1 is 1.21 bits per heavy atom. The Labute approximate surface area is 113 Å². The SMILES string of the molecule is Cn1c(C2CCC2)nc2cc(C3CC(N)C3)ccc21. The van der Waals surface area contributed by atoms with Gasteiger partial charge in [0.25, 0.3) is 0 Å². The molecular formula is C16H21N3. The molecule has 3 heteroatoms. The number of aromatic nitrogens is 2. The third-order valence-corrected chi connectivity index (χ3v) is 5.06. The summed E-state index contributed by atoms with van der Waals surface area (Å²) < 4.78 is 2.29. The molecule has 2 aliphatic rings. The van der Waals surface area contributed by atoms with Gasteiger partial charge in [-0.2, -0.15) is 0 Å². The summed E-state index contributed by atoms with van der Waals surface area (Å²) in [5.41, 5.74) is 9.76. The number of nitrogens with zero attached hydrogens (tertiary/aromatic N) is 2. The van der Waals surface area contributed by atoms with Gasteiger partial charge in [-0.25, -0.2) is 4.98 Å². The summed E-state index contributed by atoms with van der Waals surface area (Å²) in [5.74, 6) is 2.63. The maximum atomic E-state index is 5.89. The van der Waals surface area contributed by atoms with Crippen molar-refractivity contribution in [1.82, 2.24) is 9.55 Å². The van der Waals surface area contributed by atoms with Crippen LogP contribution in [0, 0.1) is 0 Å². The summed E-state index contributed by atoms with van der Waals surface area (Å²) in [5, 5.41) is 0. The van der Waals surface area contributed by atoms with Crippen LogP contribution in [-0.2, 0) is 7.05 Å². The zero-order valence-electron chi connectivity index (χ0n) is 11.5. The van der Waals surface area contributed by atoms with E-state index in [9.17, 15) is 0 Å². The van der Waals surface area contributed by atoms with Crippen molar-refractivity contribution in [3.63, 3.8) is 0 Å². The second-order valence-corrected chi connectivity index (χ2v) is 6.33. The van der Waals surface area contributed by atoms with Crippen molar-refractivity contribution in [1.29, 1.82) is 0 Å². The molecule has 2 aromatic rings. The molecular weight excluding hydrogens is 234 g/mol. The lowest BCUT2D eigenvalue weighted by Crippen LogP contribution is -2.34. The fraction of sp³-hybridized carbons (Fsp3) is 0.562. The molecule has 19 heavy (non-hydrogen) atoms. The predicted molar refractivity (Wildman–Crippen MR) is 77.3 cm³/mol. The van der Waals surface area contributed by atoms with Crippen LogP contribution >= 0.6 is 0 Å². The van der Waals surface area contributed by atoms with Crippen molar-refractivity contribution in [3.05, 3.63) is 29.6 Å². The Hall–Kier alpha value is -1.35. The molecule has 0 atom stereocenters. The van der Waals surface area contributed by atoms with Gasteiger partial charge in [-0.15, -0.1) is 0 Å². The summed E-state index contributed by atoms with van der Waals surface area (Å²) in [6.45, 7) is 0. The van der Waals surface area contributed by atoms with E-state index in [1.165, 1.54) is 41.7 Å². The van der Waals surface area contributed by atoms with Crippen molar-refractivity contribution >= 4 is 11.0 Å². The van der Waals surface area contributed by atoms with E-state index < -0.39 is 0 Å². The first-order valence-electron chi connectivity index (χ1n) is 7.44. The lowest BCUT2D eigenvalue weighted by molar-refractivity contribution is 0.352. The average Bonchev–Trinajstić information content (AvgIpc) is 2.60. The monoisotopic (exact) mass is 255 g/mol. The summed E-state index contributed by atoms with van der Waals surface area (Å²) in [6.07, 6.45) is 6.24. The van der Waals surface area contributed by atoms with Crippen LogP contribution in [-0.4, -0.2) is 15.6 Å². The van der Waals surface area contributed by atoms with E-state index in [1.807, 2.05) is 0 Å². The number of fused-ring (bicyclic) bond motifs is 1. The van der Waals surface area contributed by atoms with Crippen molar-refractivity contribution in [3.8, 4) is 0 Å². The topological polar surface area (TPSA) is 43.8 Å². The van der Waals surface area contributed by atoms with Gasteiger partial charge in [0.2, 0.25) is 0 Å². The molecule has 2 saturated carbocycles. The Bertz CT molecular complexity index is 618. The van der Waals surface area contributed by atoms with Gasteiger partial charge in [0.1, 0.15) is 5.82 Å². The van der Waals surface area contributed by atoms with Crippen LogP contribution in [0.4, 0.5) is 0 Å². The minimum Gasteiger partial charge on any atom is -0.331 e. The van der Waals surface area contributed by atoms with Gasteiger partial charge in [-0.05, 0) is 49.3 Å². The highest BCUT2D eigenvalue weighted by atomic mass is 15.1. The Kier molecular flexibility index (Phi) is 2.46. The highest BCUT2D eigenvalue weighted by Crippen LogP contribution is 2.39. The largest absolute Gasteiger partial charge is 0.331 e. The van der Waals surface area contributed by atoms with Crippen molar-refractivity contribution in [2.75, 3.05) is 0 Å². The Balaban J connectivity index is 1.72. The fourth-order valence-electron chi connectivity index (χ4n) is 3.46. The number of hydrogen-bond donors (Lipinski definition) is 1. The van der Waals surface area contributed by atoms with Crippen molar-refractivity contribution in [2.24, 2.45) is 12.8 Å². The molecule has 3 nitrogen and oxygen atoms in total. The molecule has 4 rings (SSSR count). The smallest absolute Gasteiger partial charge is 0.112 e. The Morgan fingerprint density at radius 3 is 2.63 bits per heavy atom. The molecule has 0 aliphatic heterocycles. The minimum atomic E-state index is 0.412. The number of rotatable bonds is 2. The van der Waals surface area contributed by atoms with Gasteiger partial charge in [0.05, 0.1) is 11.0 Å². The molecule has 0 unspecified atom stereocenters. The van der Waals surface area contributed by atoms with Gasteiger partial charge >= 0.3 is 0 Å². The van der Waals surface area contributed by atoms with E-state index in [2.05, 4.69) is 29.8 Å². The predicted octanol–water partition coefficient (Wildman–Crippen LogP) is 3.05. The summed E-state index contributed by atoms with van der Waals surface area (Å²) in [4.78, 5) is 4.89. The number of benzene rings is 1. The van der Waals surface area contributed by atoms with Gasteiger partial charge < -0.3 is 10.3 Å². The molecule has 0 amide bonds. The van der Waals surface area contributed by atoms with Crippen molar-refractivity contribution in [2.45, 2.75) is 50.0 Å². The maximum Gasteiger partial charge on any atom is 0.112 e. The highest BCUT2D eigenvalue weighted by Gasteiger charge is 2.28. The van der Waals surface area contributed by atoms with Gasteiger partial charge in [-0.1, -0.05) is 12.5 Å². The molecule has 0 bridgehead atoms. The van der Waals surface area contributed by atoms with Crippen LogP contribution in [0.1, 0.15) is 55.3 Å². The lowest BCUT2D eigenvalue weighted by Gasteiger charge is -2.32. The molecule has 0 radical (unpaired) electrons. The molecule has 2 N–H and O–H groups in total. The normalized spacial score (nSPS) is 27.3. The number of aryl methyl sites for hydroxylation is 1. The van der Waals surface area contributed by atoms with E-state index in [0.29, 0.717) is 17.9 Å². The number of hydrogen-bond acceptors (Lipinski definition) is 2. The minimum absolute atomic E-state index is 0.412. The van der Waals surface area contributed by atoms with Crippen LogP contribution in [0.5, 0.6) is 0 Å². The standard InChI is InChI=1S/C16H21N3/c1-19-15-6-5-11(12-7-13(17)8-12)9-14(15)18-16(19)10-3-2-4-10/h5-6,9-10,12-13H,2-4,7-8,17H2,1H3. The molecule has 100 valence electrons. The van der Waals surface area contributed by atoms with E-state index in [1.54, 1.807) is 0 Å². The molecule has 2 fully saturated rings. The van der Waals surface area contributed by atoms with E-state index >= 15 is 0 Å². The van der Waals surface area contributed by atoms with E-state index in [4.69, 9.17) is 10.7 Å². The first-order chi connectivity index (χ1) is 9.22. The van der Waals surface area contributed by atoms with Crippen molar-refractivity contribution < 1.29 is 0 Å². The third-order valence-electron chi connectivity index (χ3n) is 5.06. The van der Waals surface area contributed by atoms with Crippen LogP contribution in [0.25, 0.3) is 11.0 Å². The summed E-state index contributed by atoms with van der Waals surface area (Å²) in [7, 11) is 2.15. The quantitative estimate of drug-likeness (QED) is 0.896. The van der Waals surface area contributed by atoms with Crippen LogP contribution in [0.2, 0.25) is 0 Å². The zero-order valence-corrected chi connectivity index (χ0v) is 11.5. The molecule has 1 aromatic heterocycles. The van der Waals surface area contributed by atoms with Gasteiger partial charge in [0, 0.05) is 19.0 Å². The van der Waals surface area contributed by atoms with Crippen LogP contribution in [0.15, 0.2) is 18.2 Å². The molecule has 1 heterocycles. The molecule has 0 spiro atoms. The second-order valence-electron chi connectivity index (χ2n) is 6.33. The Morgan fingerprint density at radius 2 is 2.00 bits per heavy atom. The van der Waals surface area contributed by atoms with E-state index in [0.717, 1.165) is 12.8 Å². The molecule has 1 aromatic carbocycles. The fourth-order valence-corrected chi connectivity index (χ4v) is 3.46. The maximum absolute atomic E-state index is 5.89. The van der Waals surface area contributed by atoms with Crippen LogP contribution in [0.3, 0.4) is 0 Å². The number of imidazole rings is 1. The zero-order chi connectivity index (χ0) is 13.0. The molecule has 0 saturated heterocycles. The number of nitrogens with two attached hydrogens (primary N) is 1. The summed E-state index contributed by atoms with van der Waals surface area (Å²) in [6, 6.07) is 7.21. The second kappa shape index (κ2) is 4.07. The van der Waals surface area contributed by atoms with Gasteiger partial charge in [-0.3, -0.25) is 0 Å². The third kappa shape index (κ3) is 1.71. The van der Waals surface area contributed by atoms with E-state index in [-0.39, 0.29) is 0 Å². The highest BCUT2D eigenvalue weighted by molar-refractivity contribution is 5.77. The first-order valence-corrected chi connectivity index (χ1v) is 7.44. The summed E-state index contributed by atoms with van der Waals surface area (Å²) >= 11 is 0. The average molecular weight is 255 g/mol. The van der Waals surface area contributed by atoms with Gasteiger partial charge in [0.15, 0.2) is 0 Å². The first kappa shape index (κ1) is 11.5.